The first kappa shape index (κ1) is 14.6. The molecule has 1 aromatic rings. The molecule has 0 radical (unpaired) electrons. The molecule has 1 aliphatic heterocycles. The summed E-state index contributed by atoms with van der Waals surface area (Å²) in [5.41, 5.74) is 2.09. The van der Waals surface area contributed by atoms with Crippen molar-refractivity contribution in [1.29, 1.82) is 0 Å². The molecule has 19 heavy (non-hydrogen) atoms. The molecule has 1 amide bonds. The third-order valence-electron chi connectivity index (χ3n) is 3.68. The number of hydrogen-bond acceptors (Lipinski definition) is 2. The van der Waals surface area contributed by atoms with E-state index in [1.54, 1.807) is 0 Å². The molecule has 1 aromatic carbocycles. The van der Waals surface area contributed by atoms with E-state index in [-0.39, 0.29) is 18.3 Å². The molecule has 2 aliphatic rings. The number of hydrogen-bond donors (Lipinski definition) is 1. The molecular weight excluding hydrogens is 283 g/mol. The number of fused-ring (bicyclic) bond motifs is 1. The van der Waals surface area contributed by atoms with Gasteiger partial charge in [0.1, 0.15) is 0 Å². The van der Waals surface area contributed by atoms with Crippen molar-refractivity contribution in [1.82, 2.24) is 5.32 Å². The summed E-state index contributed by atoms with van der Waals surface area (Å²) >= 11 is 6.14. The Labute approximate surface area is 124 Å². The second-order valence-electron chi connectivity index (χ2n) is 5.11. The van der Waals surface area contributed by atoms with E-state index in [0.717, 1.165) is 41.7 Å². The van der Waals surface area contributed by atoms with Crippen LogP contribution in [-0.2, 0) is 11.2 Å². The highest BCUT2D eigenvalue weighted by atomic mass is 35.5. The van der Waals surface area contributed by atoms with E-state index in [2.05, 4.69) is 5.32 Å². The average molecular weight is 301 g/mol. The number of rotatable bonds is 4. The van der Waals surface area contributed by atoms with Gasteiger partial charge in [0, 0.05) is 17.3 Å². The normalized spacial score (nSPS) is 17.0. The quantitative estimate of drug-likeness (QED) is 0.927. The molecule has 0 atom stereocenters. The molecule has 1 saturated carbocycles. The van der Waals surface area contributed by atoms with Gasteiger partial charge in [-0.15, -0.1) is 12.4 Å². The second kappa shape index (κ2) is 6.12. The maximum Gasteiger partial charge on any atom is 0.240 e. The first-order valence-corrected chi connectivity index (χ1v) is 6.92. The molecule has 0 unspecified atom stereocenters. The Balaban J connectivity index is 0.00000133. The lowest BCUT2D eigenvalue weighted by Crippen LogP contribution is -2.37. The van der Waals surface area contributed by atoms with Gasteiger partial charge in [0.2, 0.25) is 5.91 Å². The molecule has 3 rings (SSSR count). The van der Waals surface area contributed by atoms with Crippen molar-refractivity contribution >= 4 is 35.6 Å². The van der Waals surface area contributed by atoms with Crippen LogP contribution in [0.3, 0.4) is 0 Å². The lowest BCUT2D eigenvalue weighted by atomic mass is 10.2. The summed E-state index contributed by atoms with van der Waals surface area (Å²) in [4.78, 5) is 14.0. The van der Waals surface area contributed by atoms with Crippen LogP contribution in [0.4, 0.5) is 5.69 Å². The minimum absolute atomic E-state index is 0. The predicted molar refractivity (Wildman–Crippen MR) is 80.4 cm³/mol. The molecule has 0 aromatic heterocycles. The van der Waals surface area contributed by atoms with Gasteiger partial charge in [-0.3, -0.25) is 4.79 Å². The molecular formula is C14H18Cl2N2O. The summed E-state index contributed by atoms with van der Waals surface area (Å²) in [6.07, 6.45) is 3.48. The van der Waals surface area contributed by atoms with Crippen LogP contribution in [-0.4, -0.2) is 25.5 Å². The number of anilines is 1. The van der Waals surface area contributed by atoms with Crippen molar-refractivity contribution in [2.75, 3.05) is 24.5 Å². The zero-order valence-electron chi connectivity index (χ0n) is 10.7. The van der Waals surface area contributed by atoms with Crippen LogP contribution in [0.25, 0.3) is 0 Å². The third-order valence-corrected chi connectivity index (χ3v) is 4.03. The van der Waals surface area contributed by atoms with Crippen LogP contribution >= 0.6 is 24.0 Å². The highest BCUT2D eigenvalue weighted by molar-refractivity contribution is 6.32. The Morgan fingerprint density at radius 3 is 2.95 bits per heavy atom. The first-order chi connectivity index (χ1) is 8.75. The van der Waals surface area contributed by atoms with E-state index in [1.165, 1.54) is 12.8 Å². The summed E-state index contributed by atoms with van der Waals surface area (Å²) < 4.78 is 0. The smallest absolute Gasteiger partial charge is 0.240 e. The molecule has 3 nitrogen and oxygen atoms in total. The van der Waals surface area contributed by atoms with Crippen molar-refractivity contribution in [2.45, 2.75) is 19.3 Å². The number of carbonyl (C=O) groups is 1. The predicted octanol–water partition coefficient (Wildman–Crippen LogP) is 2.65. The van der Waals surface area contributed by atoms with E-state index in [0.29, 0.717) is 6.54 Å². The Morgan fingerprint density at radius 2 is 2.21 bits per heavy atom. The van der Waals surface area contributed by atoms with Gasteiger partial charge in [-0.25, -0.2) is 0 Å². The van der Waals surface area contributed by atoms with E-state index in [9.17, 15) is 4.79 Å². The van der Waals surface area contributed by atoms with Crippen molar-refractivity contribution in [3.05, 3.63) is 28.8 Å². The fourth-order valence-electron chi connectivity index (χ4n) is 2.45. The Morgan fingerprint density at radius 1 is 1.42 bits per heavy atom. The topological polar surface area (TPSA) is 32.3 Å². The van der Waals surface area contributed by atoms with Crippen molar-refractivity contribution in [3.63, 3.8) is 0 Å². The zero-order valence-corrected chi connectivity index (χ0v) is 12.3. The number of nitrogens with zero attached hydrogens (tertiary/aromatic N) is 1. The summed E-state index contributed by atoms with van der Waals surface area (Å²) in [6.45, 7) is 2.16. The summed E-state index contributed by atoms with van der Waals surface area (Å²) in [5.74, 6) is 0.953. The molecule has 104 valence electrons. The van der Waals surface area contributed by atoms with Crippen LogP contribution in [0.15, 0.2) is 18.2 Å². The minimum atomic E-state index is 0. The zero-order chi connectivity index (χ0) is 12.5. The Bertz CT molecular complexity index is 475. The molecule has 5 heteroatoms. The van der Waals surface area contributed by atoms with E-state index < -0.39 is 0 Å². The molecule has 1 aliphatic carbocycles. The molecule has 0 bridgehead atoms. The maximum atomic E-state index is 12.1. The average Bonchev–Trinajstić information content (AvgIpc) is 3.07. The highest BCUT2D eigenvalue weighted by Gasteiger charge is 2.26. The SMILES string of the molecule is Cl.O=C(CNCC1CC1)N1CCc2c(Cl)cccc21. The number of amides is 1. The maximum absolute atomic E-state index is 12.1. The van der Waals surface area contributed by atoms with Crippen molar-refractivity contribution in [3.8, 4) is 0 Å². The van der Waals surface area contributed by atoms with Crippen LogP contribution in [0.1, 0.15) is 18.4 Å². The number of carbonyl (C=O) groups excluding carboxylic acids is 1. The Kier molecular flexibility index (Phi) is 4.71. The summed E-state index contributed by atoms with van der Waals surface area (Å²) in [6, 6.07) is 5.77. The van der Waals surface area contributed by atoms with E-state index in [4.69, 9.17) is 11.6 Å². The Hall–Kier alpha value is -0.770. The molecule has 1 fully saturated rings. The van der Waals surface area contributed by atoms with Gasteiger partial charge in [0.25, 0.3) is 0 Å². The molecule has 1 N–H and O–H groups in total. The molecule has 1 heterocycles. The highest BCUT2D eigenvalue weighted by Crippen LogP contribution is 2.33. The lowest BCUT2D eigenvalue weighted by molar-refractivity contribution is -0.117. The van der Waals surface area contributed by atoms with Gasteiger partial charge in [-0.2, -0.15) is 0 Å². The van der Waals surface area contributed by atoms with Crippen LogP contribution in [0, 0.1) is 5.92 Å². The lowest BCUT2D eigenvalue weighted by Gasteiger charge is -2.17. The number of nitrogens with one attached hydrogen (secondary N) is 1. The van der Waals surface area contributed by atoms with Gasteiger partial charge in [0.05, 0.1) is 6.54 Å². The van der Waals surface area contributed by atoms with Crippen molar-refractivity contribution in [2.24, 2.45) is 5.92 Å². The van der Waals surface area contributed by atoms with Gasteiger partial charge < -0.3 is 10.2 Å². The fourth-order valence-corrected chi connectivity index (χ4v) is 2.72. The number of benzene rings is 1. The standard InChI is InChI=1S/C14H17ClN2O.ClH/c15-12-2-1-3-13-11(12)6-7-17(13)14(18)9-16-8-10-4-5-10;/h1-3,10,16H,4-9H2;1H. The third kappa shape index (κ3) is 3.22. The van der Waals surface area contributed by atoms with E-state index >= 15 is 0 Å². The van der Waals surface area contributed by atoms with Crippen LogP contribution in [0.2, 0.25) is 5.02 Å². The summed E-state index contributed by atoms with van der Waals surface area (Å²) in [5, 5.41) is 4.02. The van der Waals surface area contributed by atoms with Crippen LogP contribution in [0.5, 0.6) is 0 Å². The van der Waals surface area contributed by atoms with Crippen LogP contribution < -0.4 is 10.2 Å². The van der Waals surface area contributed by atoms with E-state index in [1.807, 2.05) is 23.1 Å². The van der Waals surface area contributed by atoms with Gasteiger partial charge in [0.15, 0.2) is 0 Å². The monoisotopic (exact) mass is 300 g/mol. The van der Waals surface area contributed by atoms with Gasteiger partial charge in [-0.1, -0.05) is 17.7 Å². The number of halogens is 2. The van der Waals surface area contributed by atoms with Gasteiger partial charge >= 0.3 is 0 Å². The molecule has 0 saturated heterocycles. The van der Waals surface area contributed by atoms with Crippen molar-refractivity contribution < 1.29 is 4.79 Å². The largest absolute Gasteiger partial charge is 0.311 e. The fraction of sp³-hybridized carbons (Fsp3) is 0.500. The molecule has 0 spiro atoms. The minimum Gasteiger partial charge on any atom is -0.311 e. The first-order valence-electron chi connectivity index (χ1n) is 6.54. The summed E-state index contributed by atoms with van der Waals surface area (Å²) in [7, 11) is 0. The van der Waals surface area contributed by atoms with Gasteiger partial charge in [-0.05, 0) is 49.4 Å². The second-order valence-corrected chi connectivity index (χ2v) is 5.51.